The van der Waals surface area contributed by atoms with Gasteiger partial charge in [-0.25, -0.2) is 4.79 Å². The van der Waals surface area contributed by atoms with Crippen LogP contribution < -0.4 is 10.6 Å². The van der Waals surface area contributed by atoms with Crippen LogP contribution in [0.25, 0.3) is 0 Å². The van der Waals surface area contributed by atoms with Gasteiger partial charge in [-0.2, -0.15) is 0 Å². The molecule has 3 rings (SSSR count). The first-order valence-corrected chi connectivity index (χ1v) is 33.8. The highest BCUT2D eigenvalue weighted by atomic mass is 16.8. The molecule has 0 saturated carbocycles. The van der Waals surface area contributed by atoms with Gasteiger partial charge in [-0.1, -0.05) is 206 Å². The van der Waals surface area contributed by atoms with Crippen molar-refractivity contribution in [3.63, 3.8) is 0 Å². The van der Waals surface area contributed by atoms with E-state index in [1.165, 1.54) is 122 Å². The van der Waals surface area contributed by atoms with Crippen molar-refractivity contribution < 1.29 is 119 Å². The molecule has 3 saturated heterocycles. The SMILES string of the molecule is CCCCCCCCCCCCCCCCCCCC[C@@H](O)C(=O)N[C@@H](CO[C@@H]1O[C@H](CO)[C@@H](O[C@@H]2O[C@H](CO)[C@H](O)[C@H](O[C@]3(C(=O)O)C[C@H](O)[C@@H](NC(=O)CO)[C@H](C(O)C(O)CO)O3)[C@H]2O)[C@H](O)[C@H]1O)[C@H](O)[C@H](O)CCCCCCCCCCCCCC. The minimum atomic E-state index is -3.17. The Hall–Kier alpha value is -2.39. The Morgan fingerprint density at radius 3 is 1.46 bits per heavy atom. The number of carbonyl (C=O) groups is 3. The fourth-order valence-corrected chi connectivity index (χ4v) is 12.0. The number of ether oxygens (including phenoxy) is 6. The van der Waals surface area contributed by atoms with Crippen LogP contribution in [0.2, 0.25) is 0 Å². The molecule has 3 aliphatic rings. The van der Waals surface area contributed by atoms with Gasteiger partial charge in [0.2, 0.25) is 11.8 Å². The van der Waals surface area contributed by atoms with E-state index >= 15 is 0 Å². The third-order valence-corrected chi connectivity index (χ3v) is 17.6. The first kappa shape index (κ1) is 80.8. The molecule has 3 fully saturated rings. The molecule has 0 bridgehead atoms. The smallest absolute Gasteiger partial charge is 0.364 e. The summed E-state index contributed by atoms with van der Waals surface area (Å²) >= 11 is 0. The molecule has 0 aromatic rings. The summed E-state index contributed by atoms with van der Waals surface area (Å²) in [5, 5.41) is 167. The molecule has 524 valence electrons. The number of hydrogen-bond donors (Lipinski definition) is 17. The summed E-state index contributed by atoms with van der Waals surface area (Å²) in [7, 11) is 0. The van der Waals surface area contributed by atoms with Crippen LogP contribution in [-0.4, -0.2) is 249 Å². The minimum absolute atomic E-state index is 0.127. The van der Waals surface area contributed by atoms with Crippen LogP contribution >= 0.6 is 0 Å². The number of hydrogen-bond acceptors (Lipinski definition) is 23. The molecule has 2 amide bonds. The van der Waals surface area contributed by atoms with Gasteiger partial charge in [-0.3, -0.25) is 9.59 Å². The highest BCUT2D eigenvalue weighted by Crippen LogP contribution is 2.39. The van der Waals surface area contributed by atoms with Crippen molar-refractivity contribution in [2.24, 2.45) is 0 Å². The number of carbonyl (C=O) groups excluding carboxylic acids is 2. The Morgan fingerprint density at radius 1 is 0.551 bits per heavy atom. The fourth-order valence-electron chi connectivity index (χ4n) is 12.0. The van der Waals surface area contributed by atoms with E-state index in [9.17, 15) is 91.0 Å². The Balaban J connectivity index is 1.66. The van der Waals surface area contributed by atoms with Crippen molar-refractivity contribution in [1.82, 2.24) is 10.6 Å². The van der Waals surface area contributed by atoms with Gasteiger partial charge in [0.1, 0.15) is 86.0 Å². The predicted octanol–water partition coefficient (Wildman–Crippen LogP) is 1.86. The number of aliphatic hydroxyl groups is 14. The van der Waals surface area contributed by atoms with E-state index in [2.05, 4.69) is 24.5 Å². The number of aliphatic carboxylic acids is 1. The second-order valence-electron chi connectivity index (χ2n) is 25.0. The molecule has 17 N–H and O–H groups in total. The van der Waals surface area contributed by atoms with E-state index in [1.54, 1.807) is 0 Å². The molecule has 0 radical (unpaired) electrons. The van der Waals surface area contributed by atoms with Gasteiger partial charge >= 0.3 is 5.97 Å². The van der Waals surface area contributed by atoms with Crippen molar-refractivity contribution in [2.45, 2.75) is 348 Å². The summed E-state index contributed by atoms with van der Waals surface area (Å²) in [6.07, 6.45) is 0.287. The van der Waals surface area contributed by atoms with Gasteiger partial charge in [-0.15, -0.1) is 0 Å². The lowest BCUT2D eigenvalue weighted by Gasteiger charge is -2.50. The van der Waals surface area contributed by atoms with Crippen molar-refractivity contribution >= 4 is 17.8 Å². The van der Waals surface area contributed by atoms with E-state index in [0.717, 1.165) is 57.8 Å². The zero-order chi connectivity index (χ0) is 65.7. The van der Waals surface area contributed by atoms with Gasteiger partial charge in [0.05, 0.1) is 50.7 Å². The normalized spacial score (nSPS) is 29.5. The second-order valence-corrected chi connectivity index (χ2v) is 25.0. The van der Waals surface area contributed by atoms with Crippen LogP contribution in [0.1, 0.15) is 226 Å². The standard InChI is InChI=1S/C63H118N2O24/c1-3-5-7-9-11-13-15-17-18-19-20-21-22-24-26-28-30-32-34-43(71)59(81)64-41(50(75)42(70)33-31-29-27-25-23-16-14-12-10-8-6-4-2)40-84-60-54(79)53(78)56(47(38-68)86-60)87-61-55(80)58(52(77)46(37-67)85-61)89-63(62(82)83)35-44(72)49(65-48(74)39-69)57(88-63)51(76)45(73)36-66/h41-47,49-58,60-61,66-73,75-80H,3-40H2,1-2H3,(H,64,81)(H,65,74)(H,82,83)/t41-,42+,43+,44-,45?,46+,47+,49+,50-,51?,52-,53+,54+,55+,56+,57+,58-,60+,61-,63-/m0/s1. The molecule has 89 heavy (non-hydrogen) atoms. The maximum Gasteiger partial charge on any atom is 0.364 e. The lowest BCUT2D eigenvalue weighted by molar-refractivity contribution is -0.386. The maximum absolute atomic E-state index is 13.5. The minimum Gasteiger partial charge on any atom is -0.477 e. The van der Waals surface area contributed by atoms with Gasteiger partial charge in [0.15, 0.2) is 12.6 Å². The topological polar surface area (TPSA) is 434 Å². The number of unbranched alkanes of at least 4 members (excludes halogenated alkanes) is 28. The van der Waals surface area contributed by atoms with Crippen LogP contribution in [-0.2, 0) is 42.8 Å². The Bertz CT molecular complexity index is 1850. The zero-order valence-electron chi connectivity index (χ0n) is 53.2. The van der Waals surface area contributed by atoms with E-state index in [0.29, 0.717) is 12.8 Å². The lowest BCUT2D eigenvalue weighted by atomic mass is 9.88. The van der Waals surface area contributed by atoms with Gasteiger partial charge in [-0.05, 0) is 12.8 Å². The molecule has 0 aromatic heterocycles. The highest BCUT2D eigenvalue weighted by molar-refractivity contribution is 5.80. The van der Waals surface area contributed by atoms with Gasteiger partial charge < -0.3 is 116 Å². The number of rotatable bonds is 51. The summed E-state index contributed by atoms with van der Waals surface area (Å²) in [4.78, 5) is 38.7. The van der Waals surface area contributed by atoms with E-state index in [1.807, 2.05) is 0 Å². The molecule has 3 heterocycles. The largest absolute Gasteiger partial charge is 0.477 e. The van der Waals surface area contributed by atoms with Crippen LogP contribution in [0.4, 0.5) is 0 Å². The summed E-state index contributed by atoms with van der Waals surface area (Å²) in [5.41, 5.74) is 0. The first-order chi connectivity index (χ1) is 42.7. The molecule has 0 aromatic carbocycles. The summed E-state index contributed by atoms with van der Waals surface area (Å²) in [6, 6.07) is -3.16. The number of aliphatic hydroxyl groups excluding tert-OH is 14. The second kappa shape index (κ2) is 45.9. The van der Waals surface area contributed by atoms with Crippen LogP contribution in [0, 0.1) is 0 Å². The third kappa shape index (κ3) is 28.2. The number of nitrogens with one attached hydrogen (secondary N) is 2. The molecular formula is C63H118N2O24. The van der Waals surface area contributed by atoms with E-state index in [4.69, 9.17) is 28.4 Å². The van der Waals surface area contributed by atoms with Crippen molar-refractivity contribution in [2.75, 3.05) is 33.0 Å². The van der Waals surface area contributed by atoms with E-state index < -0.39 is 179 Å². The Labute approximate surface area is 527 Å². The predicted molar refractivity (Wildman–Crippen MR) is 324 cm³/mol. The molecular weight excluding hydrogens is 1170 g/mol. The molecule has 2 unspecified atom stereocenters. The molecule has 0 aliphatic carbocycles. The Morgan fingerprint density at radius 2 is 1.01 bits per heavy atom. The summed E-state index contributed by atoms with van der Waals surface area (Å²) < 4.78 is 34.4. The summed E-state index contributed by atoms with van der Waals surface area (Å²) in [6.45, 7) is -0.544. The van der Waals surface area contributed by atoms with Crippen LogP contribution in [0.3, 0.4) is 0 Å². The molecule has 20 atom stereocenters. The van der Waals surface area contributed by atoms with Crippen molar-refractivity contribution in [1.29, 1.82) is 0 Å². The molecule has 0 spiro atoms. The van der Waals surface area contributed by atoms with Crippen molar-refractivity contribution in [3.05, 3.63) is 0 Å². The molecule has 3 aliphatic heterocycles. The van der Waals surface area contributed by atoms with E-state index in [-0.39, 0.29) is 12.8 Å². The van der Waals surface area contributed by atoms with Gasteiger partial charge in [0, 0.05) is 6.42 Å². The molecule has 26 heteroatoms. The van der Waals surface area contributed by atoms with Crippen LogP contribution in [0.15, 0.2) is 0 Å². The highest BCUT2D eigenvalue weighted by Gasteiger charge is 2.60. The quantitative estimate of drug-likeness (QED) is 0.0387. The maximum atomic E-state index is 13.5. The fraction of sp³-hybridized carbons (Fsp3) is 0.952. The number of amides is 2. The first-order valence-electron chi connectivity index (χ1n) is 33.8. The molecule has 26 nitrogen and oxygen atoms in total. The lowest BCUT2D eigenvalue weighted by Crippen LogP contribution is -2.71. The third-order valence-electron chi connectivity index (χ3n) is 17.6. The summed E-state index contributed by atoms with van der Waals surface area (Å²) in [5.74, 6) is -7.20. The van der Waals surface area contributed by atoms with Gasteiger partial charge in [0.25, 0.3) is 5.79 Å². The average molecular weight is 1290 g/mol. The van der Waals surface area contributed by atoms with Crippen LogP contribution in [0.5, 0.6) is 0 Å². The Kier molecular flexibility index (Phi) is 41.7. The van der Waals surface area contributed by atoms with Crippen molar-refractivity contribution in [3.8, 4) is 0 Å². The zero-order valence-corrected chi connectivity index (χ0v) is 53.2. The number of carboxylic acids is 1. The number of carboxylic acid groups (broad SMARTS) is 1. The monoisotopic (exact) mass is 1290 g/mol. The average Bonchev–Trinajstić information content (AvgIpc) is 0.847.